The van der Waals surface area contributed by atoms with Crippen molar-refractivity contribution in [2.24, 2.45) is 5.92 Å². The molecule has 2 aliphatic rings. The van der Waals surface area contributed by atoms with Gasteiger partial charge in [-0.3, -0.25) is 19.7 Å². The van der Waals surface area contributed by atoms with Gasteiger partial charge in [-0.05, 0) is 57.3 Å². The van der Waals surface area contributed by atoms with Gasteiger partial charge in [-0.25, -0.2) is 9.18 Å². The zero-order valence-electron chi connectivity index (χ0n) is 17.4. The molecule has 0 spiro atoms. The number of rotatable bonds is 6. The van der Waals surface area contributed by atoms with Crippen molar-refractivity contribution in [2.75, 3.05) is 13.1 Å². The molecule has 0 radical (unpaired) electrons. The molecule has 1 aromatic carbocycles. The fourth-order valence-corrected chi connectivity index (χ4v) is 4.70. The SMILES string of the molecule is CCn1cc(CN2CCC(C3(Cc4ccccc4F)NC(=O)NC3=O)CC2)c(C)n1. The lowest BCUT2D eigenvalue weighted by Gasteiger charge is -2.40. The van der Waals surface area contributed by atoms with Crippen LogP contribution in [-0.4, -0.2) is 45.2 Å². The highest BCUT2D eigenvalue weighted by Crippen LogP contribution is 2.35. The number of benzene rings is 1. The molecule has 3 amide bonds. The van der Waals surface area contributed by atoms with E-state index in [-0.39, 0.29) is 24.1 Å². The number of carbonyl (C=O) groups is 2. The Morgan fingerprint density at radius 2 is 1.93 bits per heavy atom. The Hall–Kier alpha value is -2.74. The molecule has 7 nitrogen and oxygen atoms in total. The number of hydrogen-bond donors (Lipinski definition) is 2. The number of halogens is 1. The molecule has 2 saturated heterocycles. The van der Waals surface area contributed by atoms with Gasteiger partial charge in [0.25, 0.3) is 5.91 Å². The predicted molar refractivity (Wildman–Crippen MR) is 110 cm³/mol. The quantitative estimate of drug-likeness (QED) is 0.713. The molecule has 8 heteroatoms. The van der Waals surface area contributed by atoms with Gasteiger partial charge in [0.15, 0.2) is 0 Å². The third-order valence-corrected chi connectivity index (χ3v) is 6.45. The summed E-state index contributed by atoms with van der Waals surface area (Å²) in [7, 11) is 0. The van der Waals surface area contributed by atoms with Crippen LogP contribution in [0.2, 0.25) is 0 Å². The summed E-state index contributed by atoms with van der Waals surface area (Å²) in [6.45, 7) is 7.37. The molecule has 1 aromatic heterocycles. The second-order valence-corrected chi connectivity index (χ2v) is 8.29. The zero-order valence-corrected chi connectivity index (χ0v) is 17.4. The van der Waals surface area contributed by atoms with Crippen LogP contribution in [0.1, 0.15) is 36.6 Å². The molecular formula is C22H28FN5O2. The minimum absolute atomic E-state index is 0.0562. The highest BCUT2D eigenvalue weighted by molar-refractivity contribution is 6.07. The average Bonchev–Trinajstić information content (AvgIpc) is 3.23. The molecule has 2 aliphatic heterocycles. The number of aromatic nitrogens is 2. The smallest absolute Gasteiger partial charge is 0.322 e. The molecule has 1 unspecified atom stereocenters. The van der Waals surface area contributed by atoms with Crippen LogP contribution in [0.4, 0.5) is 9.18 Å². The van der Waals surface area contributed by atoms with E-state index in [9.17, 15) is 14.0 Å². The summed E-state index contributed by atoms with van der Waals surface area (Å²) in [6, 6.07) is 5.95. The van der Waals surface area contributed by atoms with Crippen molar-refractivity contribution in [3.63, 3.8) is 0 Å². The van der Waals surface area contributed by atoms with Crippen molar-refractivity contribution in [1.82, 2.24) is 25.3 Å². The van der Waals surface area contributed by atoms with Gasteiger partial charge in [0.05, 0.1) is 5.69 Å². The summed E-state index contributed by atoms with van der Waals surface area (Å²) >= 11 is 0. The summed E-state index contributed by atoms with van der Waals surface area (Å²) in [4.78, 5) is 27.2. The highest BCUT2D eigenvalue weighted by atomic mass is 19.1. The molecule has 0 saturated carbocycles. The van der Waals surface area contributed by atoms with Crippen molar-refractivity contribution in [3.05, 3.63) is 53.1 Å². The van der Waals surface area contributed by atoms with Gasteiger partial charge in [0.2, 0.25) is 0 Å². The Morgan fingerprint density at radius 1 is 1.20 bits per heavy atom. The lowest BCUT2D eigenvalue weighted by Crippen LogP contribution is -2.57. The Balaban J connectivity index is 1.48. The van der Waals surface area contributed by atoms with Gasteiger partial charge < -0.3 is 5.32 Å². The van der Waals surface area contributed by atoms with E-state index in [4.69, 9.17) is 0 Å². The van der Waals surface area contributed by atoms with E-state index in [1.807, 2.05) is 11.6 Å². The maximum Gasteiger partial charge on any atom is 0.322 e. The molecular weight excluding hydrogens is 385 g/mol. The average molecular weight is 413 g/mol. The summed E-state index contributed by atoms with van der Waals surface area (Å²) in [5.41, 5.74) is 1.59. The lowest BCUT2D eigenvalue weighted by atomic mass is 9.74. The first-order chi connectivity index (χ1) is 14.4. The Labute approximate surface area is 175 Å². The summed E-state index contributed by atoms with van der Waals surface area (Å²) in [5.74, 6) is -0.764. The van der Waals surface area contributed by atoms with Crippen LogP contribution in [-0.2, 0) is 24.3 Å². The lowest BCUT2D eigenvalue weighted by molar-refractivity contribution is -0.126. The van der Waals surface area contributed by atoms with Crippen LogP contribution in [0.3, 0.4) is 0 Å². The largest absolute Gasteiger partial charge is 0.323 e. The Bertz CT molecular complexity index is 951. The summed E-state index contributed by atoms with van der Waals surface area (Å²) < 4.78 is 16.3. The van der Waals surface area contributed by atoms with Gasteiger partial charge in [-0.1, -0.05) is 18.2 Å². The number of likely N-dealkylation sites (tertiary alicyclic amines) is 1. The van der Waals surface area contributed by atoms with E-state index >= 15 is 0 Å². The molecule has 1 atom stereocenters. The first kappa shape index (κ1) is 20.5. The molecule has 2 fully saturated rings. The standard InChI is InChI=1S/C22H28FN5O2/c1-3-28-14-17(15(2)26-28)13-27-10-8-18(9-11-27)22(20(29)24-21(30)25-22)12-16-6-4-5-7-19(16)23/h4-7,14,18H,3,8-13H2,1-2H3,(H2,24,25,29,30). The zero-order chi connectivity index (χ0) is 21.3. The number of nitrogens with one attached hydrogen (secondary N) is 2. The fourth-order valence-electron chi connectivity index (χ4n) is 4.70. The number of urea groups is 1. The number of carbonyl (C=O) groups excluding carboxylic acids is 2. The third-order valence-electron chi connectivity index (χ3n) is 6.45. The molecule has 0 aliphatic carbocycles. The van der Waals surface area contributed by atoms with Crippen LogP contribution in [0.25, 0.3) is 0 Å². The van der Waals surface area contributed by atoms with Crippen molar-refractivity contribution in [3.8, 4) is 0 Å². The molecule has 30 heavy (non-hydrogen) atoms. The number of aryl methyl sites for hydroxylation is 2. The summed E-state index contributed by atoms with van der Waals surface area (Å²) in [5, 5.41) is 9.74. The van der Waals surface area contributed by atoms with Crippen LogP contribution in [0.15, 0.2) is 30.5 Å². The van der Waals surface area contributed by atoms with Gasteiger partial charge in [-0.2, -0.15) is 5.10 Å². The molecule has 0 bridgehead atoms. The van der Waals surface area contributed by atoms with Crippen molar-refractivity contribution in [1.29, 1.82) is 0 Å². The molecule has 2 N–H and O–H groups in total. The number of amides is 3. The van der Waals surface area contributed by atoms with E-state index in [2.05, 4.69) is 33.8 Å². The van der Waals surface area contributed by atoms with Crippen molar-refractivity contribution >= 4 is 11.9 Å². The minimum Gasteiger partial charge on any atom is -0.323 e. The van der Waals surface area contributed by atoms with E-state index in [1.165, 1.54) is 11.6 Å². The van der Waals surface area contributed by atoms with E-state index in [1.54, 1.807) is 18.2 Å². The predicted octanol–water partition coefficient (Wildman–Crippen LogP) is 2.38. The molecule has 2 aromatic rings. The maximum atomic E-state index is 14.3. The molecule has 160 valence electrons. The number of nitrogens with zero attached hydrogens (tertiary/aromatic N) is 3. The van der Waals surface area contributed by atoms with Crippen LogP contribution in [0, 0.1) is 18.7 Å². The monoisotopic (exact) mass is 413 g/mol. The number of imide groups is 1. The second kappa shape index (κ2) is 8.18. The first-order valence-electron chi connectivity index (χ1n) is 10.5. The van der Waals surface area contributed by atoms with E-state index < -0.39 is 11.6 Å². The van der Waals surface area contributed by atoms with Crippen LogP contribution in [0.5, 0.6) is 0 Å². The highest BCUT2D eigenvalue weighted by Gasteiger charge is 2.52. The normalized spacial score (nSPS) is 22.9. The summed E-state index contributed by atoms with van der Waals surface area (Å²) in [6.07, 6.45) is 3.75. The fraction of sp³-hybridized carbons (Fsp3) is 0.500. The van der Waals surface area contributed by atoms with Crippen molar-refractivity contribution < 1.29 is 14.0 Å². The van der Waals surface area contributed by atoms with Gasteiger partial charge in [0.1, 0.15) is 11.4 Å². The number of piperidine rings is 1. The Kier molecular flexibility index (Phi) is 5.60. The number of hydrogen-bond acceptors (Lipinski definition) is 4. The van der Waals surface area contributed by atoms with Crippen LogP contribution < -0.4 is 10.6 Å². The molecule has 3 heterocycles. The van der Waals surface area contributed by atoms with E-state index in [0.29, 0.717) is 5.56 Å². The topological polar surface area (TPSA) is 79.3 Å². The van der Waals surface area contributed by atoms with Gasteiger partial charge >= 0.3 is 6.03 Å². The first-order valence-corrected chi connectivity index (χ1v) is 10.5. The van der Waals surface area contributed by atoms with Crippen LogP contribution >= 0.6 is 0 Å². The maximum absolute atomic E-state index is 14.3. The van der Waals surface area contributed by atoms with E-state index in [0.717, 1.165) is 44.7 Å². The van der Waals surface area contributed by atoms with Gasteiger partial charge in [0, 0.05) is 31.3 Å². The minimum atomic E-state index is -1.10. The molecule has 4 rings (SSSR count). The second-order valence-electron chi connectivity index (χ2n) is 8.29. The Morgan fingerprint density at radius 3 is 2.53 bits per heavy atom. The van der Waals surface area contributed by atoms with Crippen molar-refractivity contribution in [2.45, 2.75) is 51.7 Å². The van der Waals surface area contributed by atoms with Gasteiger partial charge in [-0.15, -0.1) is 0 Å². The third kappa shape index (κ3) is 3.84.